The van der Waals surface area contributed by atoms with Gasteiger partial charge in [-0.2, -0.15) is 0 Å². The maximum atomic E-state index is 3.45. The number of nitrogens with one attached hydrogen (secondary N) is 1. The van der Waals surface area contributed by atoms with E-state index in [1.807, 2.05) is 14.0 Å². The van der Waals surface area contributed by atoms with E-state index in [1.165, 1.54) is 5.56 Å². The monoisotopic (exact) mass is 279 g/mol. The van der Waals surface area contributed by atoms with Gasteiger partial charge in [-0.15, -0.1) is 11.8 Å². The zero-order chi connectivity index (χ0) is 11.8. The summed E-state index contributed by atoms with van der Waals surface area (Å²) < 4.78 is 1.13. The first-order valence-corrected chi connectivity index (χ1v) is 6.37. The number of hydrogen-bond acceptors (Lipinski definition) is 1. The van der Waals surface area contributed by atoms with Crippen LogP contribution in [0.3, 0.4) is 0 Å². The zero-order valence-electron chi connectivity index (χ0n) is 9.89. The van der Waals surface area contributed by atoms with Crippen LogP contribution in [0.25, 0.3) is 0 Å². The molecule has 86 valence electrons. The summed E-state index contributed by atoms with van der Waals surface area (Å²) in [5.41, 5.74) is 1.37. The van der Waals surface area contributed by atoms with E-state index in [0.717, 1.165) is 23.7 Å². The van der Waals surface area contributed by atoms with Crippen molar-refractivity contribution in [3.63, 3.8) is 0 Å². The van der Waals surface area contributed by atoms with Gasteiger partial charge in [-0.3, -0.25) is 0 Å². The Kier molecular flexibility index (Phi) is 6.22. The van der Waals surface area contributed by atoms with E-state index in [-0.39, 0.29) is 0 Å². The largest absolute Gasteiger partial charge is 0.317 e. The second-order valence-electron chi connectivity index (χ2n) is 3.78. The summed E-state index contributed by atoms with van der Waals surface area (Å²) in [7, 11) is 2.02. The van der Waals surface area contributed by atoms with E-state index < -0.39 is 0 Å². The van der Waals surface area contributed by atoms with Crippen molar-refractivity contribution in [1.29, 1.82) is 0 Å². The Balaban J connectivity index is 2.48. The molecule has 1 N–H and O–H groups in total. The van der Waals surface area contributed by atoms with Crippen molar-refractivity contribution in [2.75, 3.05) is 7.05 Å². The maximum absolute atomic E-state index is 3.45. The number of rotatable bonds is 5. The van der Waals surface area contributed by atoms with Crippen LogP contribution < -0.4 is 5.32 Å². The van der Waals surface area contributed by atoms with Gasteiger partial charge < -0.3 is 5.32 Å². The van der Waals surface area contributed by atoms with E-state index in [4.69, 9.17) is 0 Å². The van der Waals surface area contributed by atoms with E-state index >= 15 is 0 Å². The van der Waals surface area contributed by atoms with Gasteiger partial charge in [-0.1, -0.05) is 28.1 Å². The fourth-order valence-electron chi connectivity index (χ4n) is 1.62. The Hall–Kier alpha value is -0.780. The highest BCUT2D eigenvalue weighted by molar-refractivity contribution is 9.10. The molecule has 0 saturated carbocycles. The summed E-state index contributed by atoms with van der Waals surface area (Å²) in [6, 6.07) is 9.03. The summed E-state index contributed by atoms with van der Waals surface area (Å²) in [5, 5.41) is 3.34. The molecule has 0 aliphatic carbocycles. The third-order valence-electron chi connectivity index (χ3n) is 2.60. The van der Waals surface area contributed by atoms with Crippen LogP contribution in [0.15, 0.2) is 28.7 Å². The summed E-state index contributed by atoms with van der Waals surface area (Å²) >= 11 is 3.45. The van der Waals surface area contributed by atoms with Crippen molar-refractivity contribution in [2.24, 2.45) is 0 Å². The Morgan fingerprint density at radius 2 is 2.00 bits per heavy atom. The number of halogens is 1. The van der Waals surface area contributed by atoms with Crippen molar-refractivity contribution in [2.45, 2.75) is 32.2 Å². The summed E-state index contributed by atoms with van der Waals surface area (Å²) in [5.74, 6) is 6.04. The molecule has 1 aromatic rings. The van der Waals surface area contributed by atoms with Crippen LogP contribution in [0.5, 0.6) is 0 Å². The molecular formula is C14H18BrN. The number of benzene rings is 1. The molecule has 0 radical (unpaired) electrons. The molecule has 1 nitrogen and oxygen atoms in total. The summed E-state index contributed by atoms with van der Waals surface area (Å²) in [4.78, 5) is 0. The lowest BCUT2D eigenvalue weighted by molar-refractivity contribution is 0.528. The minimum Gasteiger partial charge on any atom is -0.317 e. The third kappa shape index (κ3) is 4.83. The highest BCUT2D eigenvalue weighted by Gasteiger charge is 2.05. The van der Waals surface area contributed by atoms with Crippen LogP contribution in [0, 0.1) is 11.8 Å². The topological polar surface area (TPSA) is 12.0 Å². The van der Waals surface area contributed by atoms with Crippen molar-refractivity contribution >= 4 is 15.9 Å². The summed E-state index contributed by atoms with van der Waals surface area (Å²) in [6.45, 7) is 1.89. The maximum Gasteiger partial charge on any atom is 0.0175 e. The van der Waals surface area contributed by atoms with E-state index in [2.05, 4.69) is 57.4 Å². The van der Waals surface area contributed by atoms with Gasteiger partial charge in [0.1, 0.15) is 0 Å². The molecule has 0 heterocycles. The lowest BCUT2D eigenvalue weighted by atomic mass is 10.0. The minimum atomic E-state index is 0.516. The molecule has 1 atom stereocenters. The molecule has 1 aromatic carbocycles. The van der Waals surface area contributed by atoms with Crippen molar-refractivity contribution in [3.05, 3.63) is 34.3 Å². The Morgan fingerprint density at radius 1 is 1.31 bits per heavy atom. The highest BCUT2D eigenvalue weighted by Crippen LogP contribution is 2.13. The molecule has 0 aromatic heterocycles. The van der Waals surface area contributed by atoms with Crippen LogP contribution in [0.4, 0.5) is 0 Å². The van der Waals surface area contributed by atoms with Gasteiger partial charge in [0.15, 0.2) is 0 Å². The molecule has 0 aliphatic heterocycles. The lowest BCUT2D eigenvalue weighted by Crippen LogP contribution is -2.27. The van der Waals surface area contributed by atoms with Gasteiger partial charge in [-0.25, -0.2) is 0 Å². The molecule has 1 unspecified atom stereocenters. The predicted molar refractivity (Wildman–Crippen MR) is 73.4 cm³/mol. The van der Waals surface area contributed by atoms with Crippen LogP contribution in [-0.2, 0) is 6.42 Å². The van der Waals surface area contributed by atoms with Gasteiger partial charge in [0, 0.05) is 16.9 Å². The minimum absolute atomic E-state index is 0.516. The van der Waals surface area contributed by atoms with Gasteiger partial charge in [-0.05, 0) is 44.5 Å². The Bertz CT molecular complexity index is 359. The molecule has 1 rings (SSSR count). The molecule has 0 bridgehead atoms. The number of hydrogen-bond donors (Lipinski definition) is 1. The van der Waals surface area contributed by atoms with Crippen LogP contribution in [0.2, 0.25) is 0 Å². The zero-order valence-corrected chi connectivity index (χ0v) is 11.5. The van der Waals surface area contributed by atoms with Crippen molar-refractivity contribution in [3.8, 4) is 11.8 Å². The first-order chi connectivity index (χ1) is 7.76. The molecule has 0 saturated heterocycles. The molecule has 16 heavy (non-hydrogen) atoms. The Labute approximate surface area is 107 Å². The van der Waals surface area contributed by atoms with Gasteiger partial charge in [0.2, 0.25) is 0 Å². The number of likely N-dealkylation sites (N-methyl/N-ethyl adjacent to an activating group) is 1. The predicted octanol–water partition coefficient (Wildman–Crippen LogP) is 3.38. The molecule has 2 heteroatoms. The molecule has 0 aliphatic rings. The van der Waals surface area contributed by atoms with Gasteiger partial charge in [0.05, 0.1) is 0 Å². The van der Waals surface area contributed by atoms with Crippen LogP contribution >= 0.6 is 15.9 Å². The van der Waals surface area contributed by atoms with E-state index in [1.54, 1.807) is 0 Å². The average molecular weight is 280 g/mol. The fourth-order valence-corrected chi connectivity index (χ4v) is 1.89. The first-order valence-electron chi connectivity index (χ1n) is 5.57. The van der Waals surface area contributed by atoms with Gasteiger partial charge >= 0.3 is 0 Å². The standard InChI is InChI=1S/C14H18BrN/c1-3-4-5-6-14(16-2)11-12-7-9-13(15)10-8-12/h7-10,14,16H,5-6,11H2,1-2H3. The molecule has 0 fully saturated rings. The summed E-state index contributed by atoms with van der Waals surface area (Å²) in [6.07, 6.45) is 3.14. The normalized spacial score (nSPS) is 11.7. The Morgan fingerprint density at radius 3 is 2.56 bits per heavy atom. The molecule has 0 spiro atoms. The van der Waals surface area contributed by atoms with E-state index in [0.29, 0.717) is 6.04 Å². The van der Waals surface area contributed by atoms with Crippen LogP contribution in [-0.4, -0.2) is 13.1 Å². The second-order valence-corrected chi connectivity index (χ2v) is 4.70. The second kappa shape index (κ2) is 7.49. The average Bonchev–Trinajstić information content (AvgIpc) is 2.31. The first kappa shape index (κ1) is 13.3. The third-order valence-corrected chi connectivity index (χ3v) is 3.13. The highest BCUT2D eigenvalue weighted by atomic mass is 79.9. The molecular weight excluding hydrogens is 262 g/mol. The van der Waals surface area contributed by atoms with Crippen molar-refractivity contribution < 1.29 is 0 Å². The smallest absolute Gasteiger partial charge is 0.0175 e. The SMILES string of the molecule is CC#CCCC(Cc1ccc(Br)cc1)NC. The van der Waals surface area contributed by atoms with Gasteiger partial charge in [0.25, 0.3) is 0 Å². The van der Waals surface area contributed by atoms with Crippen molar-refractivity contribution in [1.82, 2.24) is 5.32 Å². The molecule has 0 amide bonds. The fraction of sp³-hybridized carbons (Fsp3) is 0.429. The quantitative estimate of drug-likeness (QED) is 0.815. The van der Waals surface area contributed by atoms with Crippen LogP contribution in [0.1, 0.15) is 25.3 Å². The van der Waals surface area contributed by atoms with E-state index in [9.17, 15) is 0 Å². The lowest BCUT2D eigenvalue weighted by Gasteiger charge is -2.14.